The Kier molecular flexibility index (Phi) is 4.56. The summed E-state index contributed by atoms with van der Waals surface area (Å²) in [6.07, 6.45) is 0.553. The molecule has 4 heteroatoms. The lowest BCUT2D eigenvalue weighted by molar-refractivity contribution is -0.145. The summed E-state index contributed by atoms with van der Waals surface area (Å²) in [6.45, 7) is 6.72. The molecule has 1 aromatic rings. The Balaban J connectivity index is 2.13. The number of aliphatic carboxylic acids is 1. The maximum absolute atomic E-state index is 11.5. The highest BCUT2D eigenvalue weighted by Gasteiger charge is 2.27. The first-order valence-electron chi connectivity index (χ1n) is 6.68. The van der Waals surface area contributed by atoms with Crippen LogP contribution in [0.2, 0.25) is 0 Å². The number of rotatable bonds is 4. The second-order valence-corrected chi connectivity index (χ2v) is 5.20. The van der Waals surface area contributed by atoms with Gasteiger partial charge in [-0.1, -0.05) is 29.3 Å². The van der Waals surface area contributed by atoms with Crippen LogP contribution in [0.1, 0.15) is 16.7 Å². The summed E-state index contributed by atoms with van der Waals surface area (Å²) >= 11 is 0. The zero-order valence-corrected chi connectivity index (χ0v) is 11.6. The van der Waals surface area contributed by atoms with Crippen LogP contribution in [-0.4, -0.2) is 48.3 Å². The molecule has 1 aromatic carbocycles. The first kappa shape index (κ1) is 14.0. The Morgan fingerprint density at radius 3 is 2.37 bits per heavy atom. The van der Waals surface area contributed by atoms with Gasteiger partial charge in [0.2, 0.25) is 0 Å². The van der Waals surface area contributed by atoms with E-state index in [-0.39, 0.29) is 0 Å². The molecule has 0 radical (unpaired) electrons. The summed E-state index contributed by atoms with van der Waals surface area (Å²) < 4.78 is 5.28. The third kappa shape index (κ3) is 3.78. The van der Waals surface area contributed by atoms with Gasteiger partial charge < -0.3 is 9.84 Å². The van der Waals surface area contributed by atoms with E-state index < -0.39 is 12.0 Å². The Morgan fingerprint density at radius 1 is 1.26 bits per heavy atom. The number of morpholine rings is 1. The summed E-state index contributed by atoms with van der Waals surface area (Å²) in [7, 11) is 0. The van der Waals surface area contributed by atoms with Crippen LogP contribution in [0.15, 0.2) is 18.2 Å². The van der Waals surface area contributed by atoms with Crippen molar-refractivity contribution < 1.29 is 14.6 Å². The van der Waals surface area contributed by atoms with E-state index in [1.165, 1.54) is 11.1 Å². The van der Waals surface area contributed by atoms with E-state index in [2.05, 4.69) is 18.2 Å². The van der Waals surface area contributed by atoms with Crippen molar-refractivity contribution in [3.8, 4) is 0 Å². The standard InChI is InChI=1S/C15H21NO3/c1-11-7-12(2)9-13(8-11)10-14(15(17)18)16-3-5-19-6-4-16/h7-9,14H,3-6,10H2,1-2H3,(H,17,18)/t14-/m1/s1. The lowest BCUT2D eigenvalue weighted by Gasteiger charge is -2.32. The van der Waals surface area contributed by atoms with Gasteiger partial charge in [0.05, 0.1) is 13.2 Å². The highest BCUT2D eigenvalue weighted by Crippen LogP contribution is 2.15. The minimum Gasteiger partial charge on any atom is -0.480 e. The lowest BCUT2D eigenvalue weighted by Crippen LogP contribution is -2.48. The van der Waals surface area contributed by atoms with Gasteiger partial charge in [-0.25, -0.2) is 0 Å². The normalized spacial score (nSPS) is 18.2. The van der Waals surface area contributed by atoms with Gasteiger partial charge in [0.15, 0.2) is 0 Å². The average molecular weight is 263 g/mol. The molecule has 1 saturated heterocycles. The Bertz CT molecular complexity index is 432. The minimum atomic E-state index is -0.749. The van der Waals surface area contributed by atoms with Gasteiger partial charge >= 0.3 is 5.97 Å². The van der Waals surface area contributed by atoms with E-state index >= 15 is 0 Å². The van der Waals surface area contributed by atoms with Crippen molar-refractivity contribution >= 4 is 5.97 Å². The Morgan fingerprint density at radius 2 is 1.84 bits per heavy atom. The molecular formula is C15H21NO3. The van der Waals surface area contributed by atoms with E-state index in [1.807, 2.05) is 18.7 Å². The molecule has 1 N–H and O–H groups in total. The first-order valence-corrected chi connectivity index (χ1v) is 6.68. The van der Waals surface area contributed by atoms with Crippen LogP contribution >= 0.6 is 0 Å². The number of benzene rings is 1. The van der Waals surface area contributed by atoms with E-state index in [0.717, 1.165) is 5.56 Å². The molecule has 0 spiro atoms. The molecule has 0 amide bonds. The lowest BCUT2D eigenvalue weighted by atomic mass is 10.00. The van der Waals surface area contributed by atoms with Crippen LogP contribution in [0, 0.1) is 13.8 Å². The van der Waals surface area contributed by atoms with Gasteiger partial charge in [0, 0.05) is 13.1 Å². The molecule has 1 aliphatic rings. The third-order valence-electron chi connectivity index (χ3n) is 3.48. The average Bonchev–Trinajstić information content (AvgIpc) is 2.35. The third-order valence-corrected chi connectivity index (χ3v) is 3.48. The molecule has 2 rings (SSSR count). The molecular weight excluding hydrogens is 242 g/mol. The molecule has 0 unspecified atom stereocenters. The number of aryl methyl sites for hydroxylation is 2. The molecule has 0 aliphatic carbocycles. The van der Waals surface area contributed by atoms with Crippen LogP contribution < -0.4 is 0 Å². The van der Waals surface area contributed by atoms with Gasteiger partial charge in [-0.05, 0) is 25.8 Å². The maximum atomic E-state index is 11.5. The molecule has 1 heterocycles. The number of carboxylic acids is 1. The van der Waals surface area contributed by atoms with Crippen LogP contribution in [0.3, 0.4) is 0 Å². The summed E-state index contributed by atoms with van der Waals surface area (Å²) in [4.78, 5) is 13.5. The Labute approximate surface area is 114 Å². The maximum Gasteiger partial charge on any atom is 0.321 e. The topological polar surface area (TPSA) is 49.8 Å². The molecule has 104 valence electrons. The number of hydrogen-bond acceptors (Lipinski definition) is 3. The molecule has 1 aliphatic heterocycles. The fraction of sp³-hybridized carbons (Fsp3) is 0.533. The number of nitrogens with zero attached hydrogens (tertiary/aromatic N) is 1. The minimum absolute atomic E-state index is 0.454. The van der Waals surface area contributed by atoms with Crippen molar-refractivity contribution in [2.24, 2.45) is 0 Å². The van der Waals surface area contributed by atoms with Gasteiger partial charge in [-0.15, -0.1) is 0 Å². The van der Waals surface area contributed by atoms with Gasteiger partial charge in [-0.3, -0.25) is 9.69 Å². The number of carbonyl (C=O) groups is 1. The van der Waals surface area contributed by atoms with E-state index in [1.54, 1.807) is 0 Å². The second kappa shape index (κ2) is 6.17. The predicted octanol–water partition coefficient (Wildman–Crippen LogP) is 1.63. The van der Waals surface area contributed by atoms with E-state index in [0.29, 0.717) is 32.7 Å². The zero-order valence-electron chi connectivity index (χ0n) is 11.6. The molecule has 0 bridgehead atoms. The van der Waals surface area contributed by atoms with E-state index in [9.17, 15) is 9.90 Å². The SMILES string of the molecule is Cc1cc(C)cc(C[C@H](C(=O)O)N2CCOCC2)c1. The summed E-state index contributed by atoms with van der Waals surface area (Å²) in [5.41, 5.74) is 3.46. The first-order chi connectivity index (χ1) is 9.06. The van der Waals surface area contributed by atoms with Crippen molar-refractivity contribution in [1.29, 1.82) is 0 Å². The van der Waals surface area contributed by atoms with E-state index in [4.69, 9.17) is 4.74 Å². The number of carboxylic acid groups (broad SMARTS) is 1. The van der Waals surface area contributed by atoms with Crippen molar-refractivity contribution in [2.75, 3.05) is 26.3 Å². The summed E-state index contributed by atoms with van der Waals surface area (Å²) in [5, 5.41) is 9.44. The van der Waals surface area contributed by atoms with Crippen molar-refractivity contribution in [1.82, 2.24) is 4.90 Å². The number of ether oxygens (including phenoxy) is 1. The molecule has 4 nitrogen and oxygen atoms in total. The second-order valence-electron chi connectivity index (χ2n) is 5.20. The Hall–Kier alpha value is -1.39. The smallest absolute Gasteiger partial charge is 0.321 e. The van der Waals surface area contributed by atoms with Crippen LogP contribution in [0.25, 0.3) is 0 Å². The fourth-order valence-corrected chi connectivity index (χ4v) is 2.67. The monoisotopic (exact) mass is 263 g/mol. The van der Waals surface area contributed by atoms with Gasteiger partial charge in [-0.2, -0.15) is 0 Å². The highest BCUT2D eigenvalue weighted by molar-refractivity contribution is 5.74. The van der Waals surface area contributed by atoms with Crippen LogP contribution in [0.5, 0.6) is 0 Å². The quantitative estimate of drug-likeness (QED) is 0.897. The summed E-state index contributed by atoms with van der Waals surface area (Å²) in [6, 6.07) is 5.80. The fourth-order valence-electron chi connectivity index (χ4n) is 2.67. The van der Waals surface area contributed by atoms with Crippen LogP contribution in [-0.2, 0) is 16.0 Å². The molecule has 1 atom stereocenters. The summed E-state index contributed by atoms with van der Waals surface area (Å²) in [5.74, 6) is -0.749. The largest absolute Gasteiger partial charge is 0.480 e. The van der Waals surface area contributed by atoms with Crippen LogP contribution in [0.4, 0.5) is 0 Å². The highest BCUT2D eigenvalue weighted by atomic mass is 16.5. The molecule has 1 fully saturated rings. The predicted molar refractivity (Wildman–Crippen MR) is 73.4 cm³/mol. The van der Waals surface area contributed by atoms with Crippen molar-refractivity contribution in [2.45, 2.75) is 26.3 Å². The molecule has 19 heavy (non-hydrogen) atoms. The molecule has 0 saturated carbocycles. The zero-order chi connectivity index (χ0) is 13.8. The van der Waals surface area contributed by atoms with Gasteiger partial charge in [0.25, 0.3) is 0 Å². The van der Waals surface area contributed by atoms with Gasteiger partial charge in [0.1, 0.15) is 6.04 Å². The van der Waals surface area contributed by atoms with Crippen molar-refractivity contribution in [3.05, 3.63) is 34.9 Å². The molecule has 0 aromatic heterocycles. The van der Waals surface area contributed by atoms with Crippen molar-refractivity contribution in [3.63, 3.8) is 0 Å². The number of hydrogen-bond donors (Lipinski definition) is 1.